The van der Waals surface area contributed by atoms with E-state index in [1.807, 2.05) is 43.3 Å². The number of rotatable bonds is 4. The fourth-order valence-corrected chi connectivity index (χ4v) is 2.50. The van der Waals surface area contributed by atoms with Gasteiger partial charge in [0.15, 0.2) is 0 Å². The number of benzene rings is 1. The number of para-hydroxylation sites is 1. The third kappa shape index (κ3) is 3.33. The van der Waals surface area contributed by atoms with Crippen LogP contribution in [0.1, 0.15) is 5.82 Å². The summed E-state index contributed by atoms with van der Waals surface area (Å²) in [5, 5.41) is 3.30. The van der Waals surface area contributed by atoms with Crippen LogP contribution in [0.3, 0.4) is 0 Å². The number of hydrogen-bond donors (Lipinski definition) is 1. The van der Waals surface area contributed by atoms with Crippen LogP contribution in [0, 0.1) is 6.92 Å². The normalized spacial score (nSPS) is 14.8. The largest absolute Gasteiger partial charge is 0.353 e. The quantitative estimate of drug-likeness (QED) is 0.872. The predicted molar refractivity (Wildman–Crippen MR) is 86.3 cm³/mol. The first-order valence-electron chi connectivity index (χ1n) is 7.36. The maximum atomic E-state index is 10.8. The molecule has 3 rings (SSSR count). The zero-order valence-electron chi connectivity index (χ0n) is 12.6. The van der Waals surface area contributed by atoms with Gasteiger partial charge in [0.25, 0.3) is 0 Å². The highest BCUT2D eigenvalue weighted by Gasteiger charge is 2.17. The van der Waals surface area contributed by atoms with Gasteiger partial charge in [-0.15, -0.1) is 0 Å². The van der Waals surface area contributed by atoms with Gasteiger partial charge < -0.3 is 15.1 Å². The van der Waals surface area contributed by atoms with Crippen LogP contribution in [-0.2, 0) is 4.79 Å². The summed E-state index contributed by atoms with van der Waals surface area (Å²) in [5.41, 5.74) is 0.998. The molecule has 1 aromatic carbocycles. The second-order valence-corrected chi connectivity index (χ2v) is 5.28. The average molecular weight is 297 g/mol. The molecule has 1 saturated heterocycles. The minimum absolute atomic E-state index is 0.730. The van der Waals surface area contributed by atoms with Crippen LogP contribution in [0.2, 0.25) is 0 Å². The van der Waals surface area contributed by atoms with Gasteiger partial charge in [-0.1, -0.05) is 18.2 Å². The van der Waals surface area contributed by atoms with E-state index >= 15 is 0 Å². The highest BCUT2D eigenvalue weighted by Crippen LogP contribution is 2.20. The molecule has 1 aliphatic rings. The van der Waals surface area contributed by atoms with E-state index in [0.717, 1.165) is 55.7 Å². The molecule has 1 N–H and O–H groups in total. The van der Waals surface area contributed by atoms with E-state index in [0.29, 0.717) is 0 Å². The molecule has 6 nitrogen and oxygen atoms in total. The van der Waals surface area contributed by atoms with E-state index in [9.17, 15) is 4.79 Å². The summed E-state index contributed by atoms with van der Waals surface area (Å²) in [6.45, 7) is 4.93. The Morgan fingerprint density at radius 2 is 1.82 bits per heavy atom. The van der Waals surface area contributed by atoms with Crippen molar-refractivity contribution >= 4 is 23.7 Å². The smallest absolute Gasteiger partial charge is 0.209 e. The first-order valence-corrected chi connectivity index (χ1v) is 7.36. The van der Waals surface area contributed by atoms with E-state index in [1.54, 1.807) is 4.90 Å². The maximum Gasteiger partial charge on any atom is 0.209 e. The van der Waals surface area contributed by atoms with Gasteiger partial charge in [0.05, 0.1) is 0 Å². The Morgan fingerprint density at radius 1 is 1.09 bits per heavy atom. The summed E-state index contributed by atoms with van der Waals surface area (Å²) in [7, 11) is 0. The van der Waals surface area contributed by atoms with Crippen molar-refractivity contribution in [3.05, 3.63) is 42.2 Å². The number of aromatic nitrogens is 2. The van der Waals surface area contributed by atoms with Crippen molar-refractivity contribution in [2.45, 2.75) is 6.92 Å². The monoisotopic (exact) mass is 297 g/mol. The lowest BCUT2D eigenvalue weighted by atomic mass is 10.3. The number of aryl methyl sites for hydroxylation is 1. The summed E-state index contributed by atoms with van der Waals surface area (Å²) in [6, 6.07) is 11.9. The van der Waals surface area contributed by atoms with E-state index in [2.05, 4.69) is 20.2 Å². The van der Waals surface area contributed by atoms with Crippen molar-refractivity contribution < 1.29 is 4.79 Å². The molecule has 22 heavy (non-hydrogen) atoms. The van der Waals surface area contributed by atoms with Crippen LogP contribution < -0.4 is 10.2 Å². The Balaban J connectivity index is 1.77. The molecule has 0 unspecified atom stereocenters. The van der Waals surface area contributed by atoms with Gasteiger partial charge in [0.1, 0.15) is 17.5 Å². The number of anilines is 3. The van der Waals surface area contributed by atoms with E-state index in [1.165, 1.54) is 0 Å². The fourth-order valence-electron chi connectivity index (χ4n) is 2.50. The third-order valence-corrected chi connectivity index (χ3v) is 3.66. The van der Waals surface area contributed by atoms with Crippen molar-refractivity contribution in [1.82, 2.24) is 14.9 Å². The number of carbonyl (C=O) groups is 1. The Hall–Kier alpha value is -2.63. The standard InChI is InChI=1S/C16H19N5O/c1-13-17-15(19-14-5-3-2-4-6-14)11-16(18-13)21-9-7-20(12-22)8-10-21/h2-6,11-12H,7-10H2,1H3,(H,17,18,19). The lowest BCUT2D eigenvalue weighted by Gasteiger charge is -2.33. The third-order valence-electron chi connectivity index (χ3n) is 3.66. The minimum atomic E-state index is 0.730. The summed E-state index contributed by atoms with van der Waals surface area (Å²) >= 11 is 0. The minimum Gasteiger partial charge on any atom is -0.353 e. The topological polar surface area (TPSA) is 61.4 Å². The first-order chi connectivity index (χ1) is 10.7. The number of piperazine rings is 1. The van der Waals surface area contributed by atoms with E-state index in [-0.39, 0.29) is 0 Å². The van der Waals surface area contributed by atoms with Gasteiger partial charge in [0.2, 0.25) is 6.41 Å². The molecule has 0 bridgehead atoms. The molecule has 1 fully saturated rings. The number of nitrogens with zero attached hydrogens (tertiary/aromatic N) is 4. The molecule has 0 radical (unpaired) electrons. The van der Waals surface area contributed by atoms with Gasteiger partial charge in [-0.25, -0.2) is 9.97 Å². The lowest BCUT2D eigenvalue weighted by Crippen LogP contribution is -2.46. The zero-order valence-corrected chi connectivity index (χ0v) is 12.6. The van der Waals surface area contributed by atoms with Crippen molar-refractivity contribution in [2.24, 2.45) is 0 Å². The number of carbonyl (C=O) groups excluding carboxylic acids is 1. The summed E-state index contributed by atoms with van der Waals surface area (Å²) in [5.74, 6) is 2.41. The molecule has 0 spiro atoms. The molecule has 114 valence electrons. The highest BCUT2D eigenvalue weighted by molar-refractivity contribution is 5.60. The molecular formula is C16H19N5O. The van der Waals surface area contributed by atoms with Gasteiger partial charge in [0, 0.05) is 37.9 Å². The summed E-state index contributed by atoms with van der Waals surface area (Å²) in [4.78, 5) is 23.7. The van der Waals surface area contributed by atoms with Gasteiger partial charge >= 0.3 is 0 Å². The second kappa shape index (κ2) is 6.43. The Bertz CT molecular complexity index is 638. The average Bonchev–Trinajstić information content (AvgIpc) is 2.55. The highest BCUT2D eigenvalue weighted by atomic mass is 16.1. The molecule has 1 amide bonds. The van der Waals surface area contributed by atoms with E-state index in [4.69, 9.17) is 0 Å². The molecule has 1 aliphatic heterocycles. The maximum absolute atomic E-state index is 10.8. The first kappa shape index (κ1) is 14.3. The molecule has 0 atom stereocenters. The number of hydrogen-bond acceptors (Lipinski definition) is 5. The van der Waals surface area contributed by atoms with Crippen LogP contribution in [0.25, 0.3) is 0 Å². The van der Waals surface area contributed by atoms with Crippen LogP contribution >= 0.6 is 0 Å². The van der Waals surface area contributed by atoms with Gasteiger partial charge in [-0.3, -0.25) is 4.79 Å². The molecule has 0 saturated carbocycles. The van der Waals surface area contributed by atoms with Crippen LogP contribution in [0.15, 0.2) is 36.4 Å². The lowest BCUT2D eigenvalue weighted by molar-refractivity contribution is -0.118. The van der Waals surface area contributed by atoms with Crippen molar-refractivity contribution in [1.29, 1.82) is 0 Å². The molecule has 2 heterocycles. The fraction of sp³-hybridized carbons (Fsp3) is 0.312. The Morgan fingerprint density at radius 3 is 2.50 bits per heavy atom. The molecule has 6 heteroatoms. The van der Waals surface area contributed by atoms with Crippen LogP contribution in [-0.4, -0.2) is 47.5 Å². The van der Waals surface area contributed by atoms with Crippen molar-refractivity contribution in [3.8, 4) is 0 Å². The molecule has 1 aromatic heterocycles. The van der Waals surface area contributed by atoms with Gasteiger partial charge in [-0.2, -0.15) is 0 Å². The van der Waals surface area contributed by atoms with Gasteiger partial charge in [-0.05, 0) is 19.1 Å². The second-order valence-electron chi connectivity index (χ2n) is 5.28. The molecule has 0 aliphatic carbocycles. The van der Waals surface area contributed by atoms with Crippen molar-refractivity contribution in [2.75, 3.05) is 36.4 Å². The summed E-state index contributed by atoms with van der Waals surface area (Å²) in [6.07, 6.45) is 0.908. The Labute approximate surface area is 129 Å². The van der Waals surface area contributed by atoms with E-state index < -0.39 is 0 Å². The summed E-state index contributed by atoms with van der Waals surface area (Å²) < 4.78 is 0. The van der Waals surface area contributed by atoms with Crippen molar-refractivity contribution in [3.63, 3.8) is 0 Å². The van der Waals surface area contributed by atoms with Crippen LogP contribution in [0.4, 0.5) is 17.3 Å². The predicted octanol–water partition coefficient (Wildman–Crippen LogP) is 1.81. The zero-order chi connectivity index (χ0) is 15.4. The number of amides is 1. The Kier molecular flexibility index (Phi) is 4.18. The molecule has 2 aromatic rings. The molecular weight excluding hydrogens is 278 g/mol. The number of nitrogens with one attached hydrogen (secondary N) is 1. The SMILES string of the molecule is Cc1nc(Nc2ccccc2)cc(N2CCN(C=O)CC2)n1. The van der Waals surface area contributed by atoms with Crippen LogP contribution in [0.5, 0.6) is 0 Å².